The van der Waals surface area contributed by atoms with E-state index in [4.69, 9.17) is 13.6 Å². The fourth-order valence-electron chi connectivity index (χ4n) is 3.92. The number of H-pyrrole nitrogens is 1. The van der Waals surface area contributed by atoms with E-state index in [1.165, 1.54) is 6.92 Å². The highest BCUT2D eigenvalue weighted by Crippen LogP contribution is 2.51. The van der Waals surface area contributed by atoms with E-state index in [1.54, 1.807) is 36.8 Å². The molecule has 0 unspecified atom stereocenters. The zero-order valence-electron chi connectivity index (χ0n) is 22.7. The summed E-state index contributed by atoms with van der Waals surface area (Å²) in [5.41, 5.74) is 3.31. The fourth-order valence-corrected chi connectivity index (χ4v) is 5.09. The van der Waals surface area contributed by atoms with Gasteiger partial charge in [0.1, 0.15) is 11.8 Å². The van der Waals surface area contributed by atoms with Gasteiger partial charge >= 0.3 is 7.82 Å². The molecule has 0 bridgehead atoms. The van der Waals surface area contributed by atoms with Crippen LogP contribution in [0.1, 0.15) is 29.3 Å². The van der Waals surface area contributed by atoms with Crippen LogP contribution in [0.2, 0.25) is 0 Å². The second-order valence-electron chi connectivity index (χ2n) is 9.28. The molecule has 3 aromatic carbocycles. The third kappa shape index (κ3) is 10.0. The molecule has 0 saturated heterocycles. The van der Waals surface area contributed by atoms with E-state index in [0.29, 0.717) is 13.0 Å². The number of carbonyl (C=O) groups is 2. The summed E-state index contributed by atoms with van der Waals surface area (Å²) in [4.78, 5) is 31.5. The third-order valence-corrected chi connectivity index (χ3v) is 7.31. The molecule has 214 valence electrons. The van der Waals surface area contributed by atoms with E-state index < -0.39 is 13.9 Å². The number of benzene rings is 3. The Kier molecular flexibility index (Phi) is 10.8. The van der Waals surface area contributed by atoms with Crippen LogP contribution in [0.25, 0.3) is 0 Å². The van der Waals surface area contributed by atoms with E-state index in [-0.39, 0.29) is 37.2 Å². The molecular formula is C30H33N4O6P. The minimum atomic E-state index is -4.01. The number of aromatic amines is 1. The summed E-state index contributed by atoms with van der Waals surface area (Å²) < 4.78 is 30.7. The molecule has 0 radical (unpaired) electrons. The van der Waals surface area contributed by atoms with Gasteiger partial charge in [-0.05, 0) is 28.8 Å². The SMILES string of the molecule is CC(=O)N[C@@H](Cc1ccc(OP(=O)(OCc2ccccc2)OCc2ccccc2)cc1)C(=O)NCCc1cnc[nH]1. The molecule has 1 heterocycles. The molecule has 41 heavy (non-hydrogen) atoms. The maximum Gasteiger partial charge on any atom is 0.530 e. The molecule has 1 aromatic heterocycles. The maximum absolute atomic E-state index is 13.6. The molecule has 10 nitrogen and oxygen atoms in total. The number of phosphoric ester groups is 1. The minimum Gasteiger partial charge on any atom is -0.404 e. The first-order valence-corrected chi connectivity index (χ1v) is 14.6. The molecule has 0 saturated carbocycles. The number of aromatic nitrogens is 2. The van der Waals surface area contributed by atoms with E-state index in [1.807, 2.05) is 60.7 Å². The standard InChI is InChI=1S/C30H33N4O6P/c1-23(35)34-29(30(36)32-17-16-27-19-31-22-33-27)18-24-12-14-28(15-13-24)40-41(37,38-20-25-8-4-2-5-9-25)39-21-26-10-6-3-7-11-26/h2-15,19,22,29H,16-18,20-21H2,1H3,(H,31,33)(H,32,36)(H,34,35)/t29-/m0/s1. The zero-order chi connectivity index (χ0) is 28.9. The number of phosphoric acid groups is 1. The summed E-state index contributed by atoms with van der Waals surface area (Å²) in [5, 5.41) is 5.55. The molecule has 2 amide bonds. The topological polar surface area (TPSA) is 132 Å². The number of nitrogens with one attached hydrogen (secondary N) is 3. The Bertz CT molecular complexity index is 1370. The van der Waals surface area contributed by atoms with Crippen LogP contribution < -0.4 is 15.2 Å². The Hall–Kier alpha value is -4.24. The first-order valence-electron chi connectivity index (χ1n) is 13.2. The van der Waals surface area contributed by atoms with Gasteiger partial charge in [0, 0.05) is 38.2 Å². The molecule has 0 aliphatic heterocycles. The van der Waals surface area contributed by atoms with Crippen LogP contribution in [-0.4, -0.2) is 34.4 Å². The Morgan fingerprint density at radius 3 is 2.02 bits per heavy atom. The van der Waals surface area contributed by atoms with Crippen LogP contribution >= 0.6 is 7.82 Å². The van der Waals surface area contributed by atoms with Crippen molar-refractivity contribution in [2.45, 2.75) is 39.0 Å². The van der Waals surface area contributed by atoms with Crippen molar-refractivity contribution >= 4 is 19.6 Å². The van der Waals surface area contributed by atoms with Crippen LogP contribution in [0, 0.1) is 0 Å². The van der Waals surface area contributed by atoms with Crippen molar-refractivity contribution in [2.75, 3.05) is 6.54 Å². The van der Waals surface area contributed by atoms with E-state index >= 15 is 0 Å². The lowest BCUT2D eigenvalue weighted by Gasteiger charge is -2.20. The minimum absolute atomic E-state index is 0.0405. The normalized spacial score (nSPS) is 11.9. The van der Waals surface area contributed by atoms with Crippen LogP contribution in [0.3, 0.4) is 0 Å². The van der Waals surface area contributed by atoms with Gasteiger partial charge < -0.3 is 20.1 Å². The lowest BCUT2D eigenvalue weighted by Crippen LogP contribution is -2.47. The second-order valence-corrected chi connectivity index (χ2v) is 10.9. The number of nitrogens with zero attached hydrogens (tertiary/aromatic N) is 1. The van der Waals surface area contributed by atoms with Crippen molar-refractivity contribution < 1.29 is 27.7 Å². The van der Waals surface area contributed by atoms with Crippen molar-refractivity contribution in [3.8, 4) is 5.75 Å². The highest BCUT2D eigenvalue weighted by Gasteiger charge is 2.29. The van der Waals surface area contributed by atoms with Gasteiger partial charge in [0.2, 0.25) is 11.8 Å². The van der Waals surface area contributed by atoms with E-state index in [2.05, 4.69) is 20.6 Å². The maximum atomic E-state index is 13.6. The van der Waals surface area contributed by atoms with E-state index in [0.717, 1.165) is 22.4 Å². The van der Waals surface area contributed by atoms with Crippen molar-refractivity contribution in [3.05, 3.63) is 120 Å². The number of imidazole rings is 1. The summed E-state index contributed by atoms with van der Waals surface area (Å²) >= 11 is 0. The second kappa shape index (κ2) is 14.9. The van der Waals surface area contributed by atoms with Gasteiger partial charge in [-0.2, -0.15) is 0 Å². The first-order chi connectivity index (χ1) is 19.9. The molecule has 1 atom stereocenters. The summed E-state index contributed by atoms with van der Waals surface area (Å²) in [6, 6.07) is 24.6. The number of hydrogen-bond donors (Lipinski definition) is 3. The molecule has 0 fully saturated rings. The molecule has 0 aliphatic rings. The van der Waals surface area contributed by atoms with Crippen LogP contribution in [0.15, 0.2) is 97.5 Å². The molecular weight excluding hydrogens is 543 g/mol. The lowest BCUT2D eigenvalue weighted by molar-refractivity contribution is -0.128. The quantitative estimate of drug-likeness (QED) is 0.174. The van der Waals surface area contributed by atoms with Crippen molar-refractivity contribution in [2.24, 2.45) is 0 Å². The Balaban J connectivity index is 1.39. The molecule has 3 N–H and O–H groups in total. The number of hydrogen-bond acceptors (Lipinski definition) is 7. The highest BCUT2D eigenvalue weighted by atomic mass is 31.2. The van der Waals surface area contributed by atoms with Crippen molar-refractivity contribution in [1.82, 2.24) is 20.6 Å². The van der Waals surface area contributed by atoms with Gasteiger partial charge in [-0.1, -0.05) is 72.8 Å². The predicted octanol–water partition coefficient (Wildman–Crippen LogP) is 4.74. The van der Waals surface area contributed by atoms with Gasteiger partial charge in [-0.25, -0.2) is 9.55 Å². The molecule has 4 aromatic rings. The van der Waals surface area contributed by atoms with Crippen molar-refractivity contribution in [3.63, 3.8) is 0 Å². The van der Waals surface area contributed by atoms with Gasteiger partial charge in [0.05, 0.1) is 19.5 Å². The summed E-state index contributed by atoms with van der Waals surface area (Å²) in [7, 11) is -4.01. The van der Waals surface area contributed by atoms with Crippen molar-refractivity contribution in [1.29, 1.82) is 0 Å². The van der Waals surface area contributed by atoms with E-state index in [9.17, 15) is 14.2 Å². The van der Waals surface area contributed by atoms with Gasteiger partial charge in [0.25, 0.3) is 0 Å². The first kappa shape index (κ1) is 29.7. The average Bonchev–Trinajstić information content (AvgIpc) is 3.50. The van der Waals surface area contributed by atoms with Crippen LogP contribution in [-0.2, 0) is 49.3 Å². The van der Waals surface area contributed by atoms with Gasteiger partial charge in [0.15, 0.2) is 0 Å². The largest absolute Gasteiger partial charge is 0.530 e. The molecule has 0 spiro atoms. The van der Waals surface area contributed by atoms with Gasteiger partial charge in [-0.3, -0.25) is 18.6 Å². The van der Waals surface area contributed by atoms with Crippen LogP contribution in [0.5, 0.6) is 5.75 Å². The summed E-state index contributed by atoms with van der Waals surface area (Å²) in [5.74, 6) is -0.336. The smallest absolute Gasteiger partial charge is 0.404 e. The summed E-state index contributed by atoms with van der Waals surface area (Å²) in [6.45, 7) is 1.84. The summed E-state index contributed by atoms with van der Waals surface area (Å²) in [6.07, 6.45) is 4.11. The monoisotopic (exact) mass is 576 g/mol. The van der Waals surface area contributed by atoms with Crippen LogP contribution in [0.4, 0.5) is 0 Å². The lowest BCUT2D eigenvalue weighted by atomic mass is 10.0. The fraction of sp³-hybridized carbons (Fsp3) is 0.233. The predicted molar refractivity (Wildman–Crippen MR) is 154 cm³/mol. The molecule has 4 rings (SSSR count). The van der Waals surface area contributed by atoms with Gasteiger partial charge in [-0.15, -0.1) is 0 Å². The number of carbonyl (C=O) groups excluding carboxylic acids is 2. The average molecular weight is 577 g/mol. The Morgan fingerprint density at radius 1 is 0.878 bits per heavy atom. The highest BCUT2D eigenvalue weighted by molar-refractivity contribution is 7.48. The Labute approximate surface area is 239 Å². The Morgan fingerprint density at radius 2 is 1.49 bits per heavy atom. The number of rotatable bonds is 15. The third-order valence-electron chi connectivity index (χ3n) is 5.99. The molecule has 0 aliphatic carbocycles. The zero-order valence-corrected chi connectivity index (χ0v) is 23.6. The molecule has 11 heteroatoms. The number of amides is 2.